The van der Waals surface area contributed by atoms with Gasteiger partial charge in [-0.2, -0.15) is 5.10 Å². The number of hydrogen-bond acceptors (Lipinski definition) is 4. The second-order valence-corrected chi connectivity index (χ2v) is 6.11. The van der Waals surface area contributed by atoms with Crippen molar-refractivity contribution in [2.24, 2.45) is 5.92 Å². The molecule has 2 atom stereocenters. The summed E-state index contributed by atoms with van der Waals surface area (Å²) in [6.45, 7) is 1.05. The van der Waals surface area contributed by atoms with Crippen LogP contribution in [-0.4, -0.2) is 50.3 Å². The van der Waals surface area contributed by atoms with Gasteiger partial charge in [-0.15, -0.1) is 0 Å². The van der Waals surface area contributed by atoms with E-state index in [0.717, 1.165) is 24.1 Å². The van der Waals surface area contributed by atoms with Crippen LogP contribution < -0.4 is 0 Å². The molecule has 0 unspecified atom stereocenters. The fraction of sp³-hybridized carbons (Fsp3) is 0.471. The lowest BCUT2D eigenvalue weighted by Crippen LogP contribution is -2.29. The van der Waals surface area contributed by atoms with Gasteiger partial charge in [0, 0.05) is 43.5 Å². The third-order valence-electron chi connectivity index (χ3n) is 4.37. The standard InChI is InChI=1S/C17H22N4O2/c22-16-12-21(11-14(16)8-15-5-1-2-7-18-15)17(23)6-3-4-13-9-19-20-10-13/h1-2,5,7,9-10,14,16,22H,3-4,6,8,11-12H2,(H,19,20)/t14-,16-/m1/s1. The zero-order chi connectivity index (χ0) is 16.1. The second kappa shape index (κ2) is 7.37. The fourth-order valence-electron chi connectivity index (χ4n) is 3.06. The van der Waals surface area contributed by atoms with Crippen LogP contribution in [-0.2, 0) is 17.6 Å². The Morgan fingerprint density at radius 2 is 2.30 bits per heavy atom. The number of aromatic nitrogens is 3. The number of likely N-dealkylation sites (tertiary alicyclic amines) is 1. The van der Waals surface area contributed by atoms with Crippen LogP contribution >= 0.6 is 0 Å². The molecule has 0 aliphatic carbocycles. The Kier molecular flexibility index (Phi) is 5.02. The average Bonchev–Trinajstić information content (AvgIpc) is 3.19. The summed E-state index contributed by atoms with van der Waals surface area (Å²) >= 11 is 0. The first-order chi connectivity index (χ1) is 11.2. The van der Waals surface area contributed by atoms with E-state index in [4.69, 9.17) is 0 Å². The molecule has 1 amide bonds. The molecule has 1 saturated heterocycles. The van der Waals surface area contributed by atoms with E-state index in [-0.39, 0.29) is 11.8 Å². The first-order valence-electron chi connectivity index (χ1n) is 8.06. The maximum atomic E-state index is 12.3. The zero-order valence-electron chi connectivity index (χ0n) is 13.1. The van der Waals surface area contributed by atoms with Gasteiger partial charge >= 0.3 is 0 Å². The van der Waals surface area contributed by atoms with Gasteiger partial charge in [0.25, 0.3) is 0 Å². The predicted molar refractivity (Wildman–Crippen MR) is 85.5 cm³/mol. The Hall–Kier alpha value is -2.21. The van der Waals surface area contributed by atoms with Crippen molar-refractivity contribution < 1.29 is 9.90 Å². The maximum Gasteiger partial charge on any atom is 0.222 e. The van der Waals surface area contributed by atoms with E-state index in [1.54, 1.807) is 17.3 Å². The fourth-order valence-corrected chi connectivity index (χ4v) is 3.06. The summed E-state index contributed by atoms with van der Waals surface area (Å²) < 4.78 is 0. The Morgan fingerprint density at radius 3 is 3.04 bits per heavy atom. The van der Waals surface area contributed by atoms with Crippen LogP contribution in [0.4, 0.5) is 0 Å². The summed E-state index contributed by atoms with van der Waals surface area (Å²) in [5.41, 5.74) is 2.08. The summed E-state index contributed by atoms with van der Waals surface area (Å²) in [5, 5.41) is 16.9. The number of pyridine rings is 1. The molecule has 0 aromatic carbocycles. The third kappa shape index (κ3) is 4.16. The van der Waals surface area contributed by atoms with Crippen molar-refractivity contribution in [3.63, 3.8) is 0 Å². The number of hydrogen-bond donors (Lipinski definition) is 2. The van der Waals surface area contributed by atoms with Crippen molar-refractivity contribution in [3.05, 3.63) is 48.0 Å². The molecule has 1 aliphatic rings. The van der Waals surface area contributed by atoms with Gasteiger partial charge in [-0.25, -0.2) is 0 Å². The molecular formula is C17H22N4O2. The Balaban J connectivity index is 1.46. The number of aryl methyl sites for hydroxylation is 1. The molecule has 0 spiro atoms. The van der Waals surface area contributed by atoms with Crippen molar-refractivity contribution in [3.8, 4) is 0 Å². The first-order valence-corrected chi connectivity index (χ1v) is 8.06. The number of nitrogens with one attached hydrogen (secondary N) is 1. The van der Waals surface area contributed by atoms with Gasteiger partial charge in [0.2, 0.25) is 5.91 Å². The molecule has 1 aliphatic heterocycles. The number of aromatic amines is 1. The van der Waals surface area contributed by atoms with Crippen molar-refractivity contribution in [2.75, 3.05) is 13.1 Å². The van der Waals surface area contributed by atoms with Crippen molar-refractivity contribution >= 4 is 5.91 Å². The molecule has 0 saturated carbocycles. The van der Waals surface area contributed by atoms with E-state index < -0.39 is 6.10 Å². The minimum atomic E-state index is -0.463. The molecule has 2 aromatic rings. The summed E-state index contributed by atoms with van der Waals surface area (Å²) in [6, 6.07) is 5.79. The van der Waals surface area contributed by atoms with Crippen LogP contribution in [0, 0.1) is 5.92 Å². The number of β-amino-alcohol motifs (C(OH)–C–C–N with tert-alkyl or cyclic N) is 1. The summed E-state index contributed by atoms with van der Waals surface area (Å²) in [6.07, 6.45) is 7.80. The number of rotatable bonds is 6. The van der Waals surface area contributed by atoms with Gasteiger partial charge in [0.05, 0.1) is 12.3 Å². The highest BCUT2D eigenvalue weighted by molar-refractivity contribution is 5.76. The number of carbonyl (C=O) groups is 1. The van der Waals surface area contributed by atoms with Crippen LogP contribution in [0.25, 0.3) is 0 Å². The number of amides is 1. The van der Waals surface area contributed by atoms with Gasteiger partial charge in [-0.3, -0.25) is 14.9 Å². The summed E-state index contributed by atoms with van der Waals surface area (Å²) in [5.74, 6) is 0.193. The quantitative estimate of drug-likeness (QED) is 0.839. The smallest absolute Gasteiger partial charge is 0.222 e. The topological polar surface area (TPSA) is 82.1 Å². The normalized spacial score (nSPS) is 20.8. The minimum Gasteiger partial charge on any atom is -0.391 e. The molecule has 2 aromatic heterocycles. The highest BCUT2D eigenvalue weighted by Gasteiger charge is 2.33. The molecule has 6 nitrogen and oxygen atoms in total. The number of aliphatic hydroxyl groups excluding tert-OH is 1. The van der Waals surface area contributed by atoms with Crippen LogP contribution in [0.5, 0.6) is 0 Å². The lowest BCUT2D eigenvalue weighted by molar-refractivity contribution is -0.130. The first kappa shape index (κ1) is 15.7. The zero-order valence-corrected chi connectivity index (χ0v) is 13.1. The molecule has 3 rings (SSSR count). The Morgan fingerprint density at radius 1 is 1.39 bits per heavy atom. The van der Waals surface area contributed by atoms with Gasteiger partial charge in [0.15, 0.2) is 0 Å². The van der Waals surface area contributed by atoms with E-state index in [1.165, 1.54) is 0 Å². The summed E-state index contributed by atoms with van der Waals surface area (Å²) in [7, 11) is 0. The van der Waals surface area contributed by atoms with E-state index in [0.29, 0.717) is 25.9 Å². The molecule has 6 heteroatoms. The Labute approximate surface area is 135 Å². The number of carbonyl (C=O) groups excluding carboxylic acids is 1. The predicted octanol–water partition coefficient (Wildman–Crippen LogP) is 1.19. The Bertz CT molecular complexity index is 615. The van der Waals surface area contributed by atoms with Crippen molar-refractivity contribution in [1.29, 1.82) is 0 Å². The van der Waals surface area contributed by atoms with E-state index in [2.05, 4.69) is 15.2 Å². The highest BCUT2D eigenvalue weighted by atomic mass is 16.3. The molecule has 2 N–H and O–H groups in total. The SMILES string of the molecule is O=C(CCCc1cn[nH]c1)N1C[C@@H](Cc2ccccn2)[C@H](O)C1. The van der Waals surface area contributed by atoms with Crippen molar-refractivity contribution in [2.45, 2.75) is 31.8 Å². The molecule has 0 radical (unpaired) electrons. The lowest BCUT2D eigenvalue weighted by atomic mass is 10.00. The van der Waals surface area contributed by atoms with Crippen molar-refractivity contribution in [1.82, 2.24) is 20.1 Å². The van der Waals surface area contributed by atoms with Crippen LogP contribution in [0.15, 0.2) is 36.8 Å². The minimum absolute atomic E-state index is 0.0720. The largest absolute Gasteiger partial charge is 0.391 e. The second-order valence-electron chi connectivity index (χ2n) is 6.11. The van der Waals surface area contributed by atoms with Gasteiger partial charge < -0.3 is 10.0 Å². The molecule has 3 heterocycles. The number of H-pyrrole nitrogens is 1. The van der Waals surface area contributed by atoms with Crippen LogP contribution in [0.2, 0.25) is 0 Å². The van der Waals surface area contributed by atoms with E-state index in [9.17, 15) is 9.90 Å². The monoisotopic (exact) mass is 314 g/mol. The van der Waals surface area contributed by atoms with Crippen LogP contribution in [0.3, 0.4) is 0 Å². The van der Waals surface area contributed by atoms with Gasteiger partial charge in [-0.1, -0.05) is 6.07 Å². The molecule has 0 bridgehead atoms. The van der Waals surface area contributed by atoms with Gasteiger partial charge in [-0.05, 0) is 37.0 Å². The molecule has 1 fully saturated rings. The van der Waals surface area contributed by atoms with E-state index in [1.807, 2.05) is 24.4 Å². The average molecular weight is 314 g/mol. The number of aliphatic hydroxyl groups is 1. The molecular weight excluding hydrogens is 292 g/mol. The third-order valence-corrected chi connectivity index (χ3v) is 4.37. The lowest BCUT2D eigenvalue weighted by Gasteiger charge is -2.16. The number of nitrogens with zero attached hydrogens (tertiary/aromatic N) is 3. The van der Waals surface area contributed by atoms with Crippen LogP contribution in [0.1, 0.15) is 24.1 Å². The summed E-state index contributed by atoms with van der Waals surface area (Å²) in [4.78, 5) is 18.4. The molecule has 122 valence electrons. The maximum absolute atomic E-state index is 12.3. The highest BCUT2D eigenvalue weighted by Crippen LogP contribution is 2.22. The molecule has 23 heavy (non-hydrogen) atoms. The van der Waals surface area contributed by atoms with E-state index >= 15 is 0 Å². The van der Waals surface area contributed by atoms with Gasteiger partial charge in [0.1, 0.15) is 0 Å².